The number of anilines is 1. The van der Waals surface area contributed by atoms with Gasteiger partial charge in [0.15, 0.2) is 0 Å². The summed E-state index contributed by atoms with van der Waals surface area (Å²) in [6.45, 7) is -0.289. The van der Waals surface area contributed by atoms with Crippen LogP contribution < -0.4 is 10.1 Å². The van der Waals surface area contributed by atoms with Gasteiger partial charge in [-0.2, -0.15) is 0 Å². The van der Waals surface area contributed by atoms with Crippen molar-refractivity contribution in [3.8, 4) is 5.75 Å². The Hall–Kier alpha value is -3.48. The molecule has 0 unspecified atom stereocenters. The highest BCUT2D eigenvalue weighted by atomic mass is 79.9. The number of carboxylic acids is 1. The van der Waals surface area contributed by atoms with Gasteiger partial charge in [-0.3, -0.25) is 19.3 Å². The maximum Gasteiger partial charge on any atom is 0.335 e. The predicted octanol–water partition coefficient (Wildman–Crippen LogP) is 6.30. The number of imide groups is 1. The van der Waals surface area contributed by atoms with Crippen molar-refractivity contribution in [2.24, 2.45) is 0 Å². The topological polar surface area (TPSA) is 113 Å². The number of ether oxygens (including phenoxy) is 1. The van der Waals surface area contributed by atoms with E-state index in [-0.39, 0.29) is 17.1 Å². The average Bonchev–Trinajstić information content (AvgIpc) is 3.12. The summed E-state index contributed by atoms with van der Waals surface area (Å²) in [6, 6.07) is 14.9. The molecule has 0 aromatic heterocycles. The number of carbonyl (C=O) groups excluding carboxylic acids is 3. The Morgan fingerprint density at radius 3 is 2.26 bits per heavy atom. The molecule has 0 atom stereocenters. The van der Waals surface area contributed by atoms with E-state index in [2.05, 4.69) is 37.2 Å². The molecule has 194 valence electrons. The summed E-state index contributed by atoms with van der Waals surface area (Å²) < 4.78 is 20.1. The van der Waals surface area contributed by atoms with E-state index in [1.54, 1.807) is 24.3 Å². The molecule has 1 aliphatic heterocycles. The van der Waals surface area contributed by atoms with E-state index < -0.39 is 35.4 Å². The van der Waals surface area contributed by atoms with Crippen molar-refractivity contribution in [2.75, 3.05) is 11.9 Å². The molecule has 2 N–H and O–H groups in total. The molecule has 0 radical (unpaired) electrons. The number of hydrogen-bond donors (Lipinski definition) is 2. The second-order valence-corrected chi connectivity index (χ2v) is 10.6. The van der Waals surface area contributed by atoms with Crippen molar-refractivity contribution in [3.63, 3.8) is 0 Å². The lowest BCUT2D eigenvalue weighted by Gasteiger charge is -2.13. The first-order chi connectivity index (χ1) is 18.1. The molecule has 0 saturated carbocycles. The average molecular weight is 664 g/mol. The van der Waals surface area contributed by atoms with Gasteiger partial charge in [0, 0.05) is 5.69 Å². The van der Waals surface area contributed by atoms with Crippen LogP contribution in [0.25, 0.3) is 6.08 Å². The quantitative estimate of drug-likeness (QED) is 0.272. The minimum atomic E-state index is -1.01. The molecule has 1 heterocycles. The number of thioether (sulfide) groups is 1. The van der Waals surface area contributed by atoms with E-state index in [4.69, 9.17) is 9.84 Å². The first kappa shape index (κ1) is 27.6. The number of benzene rings is 3. The Bertz CT molecular complexity index is 1440. The lowest BCUT2D eigenvalue weighted by atomic mass is 10.1. The lowest BCUT2D eigenvalue weighted by Crippen LogP contribution is -2.36. The Labute approximate surface area is 237 Å². The predicted molar refractivity (Wildman–Crippen MR) is 147 cm³/mol. The van der Waals surface area contributed by atoms with Gasteiger partial charge in [-0.1, -0.05) is 12.1 Å². The van der Waals surface area contributed by atoms with E-state index in [1.165, 1.54) is 42.5 Å². The Morgan fingerprint density at radius 2 is 1.66 bits per heavy atom. The van der Waals surface area contributed by atoms with Gasteiger partial charge in [0.25, 0.3) is 11.1 Å². The third kappa shape index (κ3) is 6.69. The highest BCUT2D eigenvalue weighted by molar-refractivity contribution is 9.11. The summed E-state index contributed by atoms with van der Waals surface area (Å²) in [6.07, 6.45) is 1.53. The standard InChI is InChI=1S/C26H17Br2FN2O6S/c27-19-9-15(10-20(28)23(19)37-13-14-1-3-16(4-2-14)25(34)35)11-21-24(33)31(26(36)38-21)12-22(32)30-18-7-5-17(29)6-8-18/h1-11H,12-13H2,(H,30,32)(H,34,35)/b21-11-. The van der Waals surface area contributed by atoms with E-state index in [9.17, 15) is 23.6 Å². The number of nitrogens with zero attached hydrogens (tertiary/aromatic N) is 1. The van der Waals surface area contributed by atoms with E-state index >= 15 is 0 Å². The van der Waals surface area contributed by atoms with Crippen LogP contribution in [0.15, 0.2) is 74.5 Å². The summed E-state index contributed by atoms with van der Waals surface area (Å²) in [4.78, 5) is 49.5. The molecule has 3 aromatic rings. The third-order valence-electron chi connectivity index (χ3n) is 5.21. The smallest absolute Gasteiger partial charge is 0.335 e. The van der Waals surface area contributed by atoms with Crippen molar-refractivity contribution in [2.45, 2.75) is 6.61 Å². The van der Waals surface area contributed by atoms with Gasteiger partial charge in [0.05, 0.1) is 19.4 Å². The zero-order valence-corrected chi connectivity index (χ0v) is 23.2. The van der Waals surface area contributed by atoms with Crippen molar-refractivity contribution >= 4 is 78.4 Å². The molecule has 8 nitrogen and oxygen atoms in total. The minimum absolute atomic E-state index is 0.149. The number of carbonyl (C=O) groups is 4. The zero-order valence-electron chi connectivity index (χ0n) is 19.2. The van der Waals surface area contributed by atoms with E-state index in [1.807, 2.05) is 0 Å². The molecule has 3 amide bonds. The zero-order chi connectivity index (χ0) is 27.4. The molecule has 0 bridgehead atoms. The molecule has 12 heteroatoms. The maximum atomic E-state index is 13.0. The van der Waals surface area contributed by atoms with Gasteiger partial charge in [-0.05, 0) is 109 Å². The van der Waals surface area contributed by atoms with Crippen molar-refractivity contribution in [3.05, 3.63) is 97.0 Å². The molecule has 1 fully saturated rings. The molecule has 0 spiro atoms. The maximum absolute atomic E-state index is 13.0. The van der Waals surface area contributed by atoms with Crippen LogP contribution in [-0.4, -0.2) is 39.6 Å². The number of rotatable bonds is 8. The van der Waals surface area contributed by atoms with Gasteiger partial charge in [0.2, 0.25) is 5.91 Å². The van der Waals surface area contributed by atoms with Crippen molar-refractivity contribution < 1.29 is 33.4 Å². The fourth-order valence-electron chi connectivity index (χ4n) is 3.36. The largest absolute Gasteiger partial charge is 0.487 e. The van der Waals surface area contributed by atoms with Crippen LogP contribution in [-0.2, 0) is 16.2 Å². The van der Waals surface area contributed by atoms with Crippen LogP contribution in [0.2, 0.25) is 0 Å². The summed E-state index contributed by atoms with van der Waals surface area (Å²) in [5.41, 5.74) is 1.89. The number of halogens is 3. The highest BCUT2D eigenvalue weighted by Crippen LogP contribution is 2.38. The van der Waals surface area contributed by atoms with Gasteiger partial charge < -0.3 is 15.2 Å². The van der Waals surface area contributed by atoms with Crippen LogP contribution in [0.4, 0.5) is 14.9 Å². The van der Waals surface area contributed by atoms with Crippen LogP contribution in [0.5, 0.6) is 5.75 Å². The number of nitrogens with one attached hydrogen (secondary N) is 1. The molecule has 4 rings (SSSR count). The normalized spacial score (nSPS) is 14.2. The molecular weight excluding hydrogens is 647 g/mol. The summed E-state index contributed by atoms with van der Waals surface area (Å²) >= 11 is 7.62. The van der Waals surface area contributed by atoms with E-state index in [0.717, 1.165) is 22.2 Å². The number of aromatic carboxylic acids is 1. The van der Waals surface area contributed by atoms with Crippen LogP contribution >= 0.6 is 43.6 Å². The molecular formula is C26H17Br2FN2O6S. The monoisotopic (exact) mass is 662 g/mol. The second-order valence-electron chi connectivity index (χ2n) is 7.93. The molecule has 1 saturated heterocycles. The van der Waals surface area contributed by atoms with Crippen molar-refractivity contribution in [1.29, 1.82) is 0 Å². The highest BCUT2D eigenvalue weighted by Gasteiger charge is 2.36. The van der Waals surface area contributed by atoms with Crippen molar-refractivity contribution in [1.82, 2.24) is 4.90 Å². The molecule has 38 heavy (non-hydrogen) atoms. The number of hydrogen-bond acceptors (Lipinski definition) is 6. The number of amides is 3. The van der Waals surface area contributed by atoms with Crippen LogP contribution in [0.1, 0.15) is 21.5 Å². The minimum Gasteiger partial charge on any atom is -0.487 e. The Balaban J connectivity index is 1.42. The van der Waals surface area contributed by atoms with Gasteiger partial charge in [-0.15, -0.1) is 0 Å². The molecule has 1 aliphatic rings. The molecule has 0 aliphatic carbocycles. The van der Waals surface area contributed by atoms with Gasteiger partial charge >= 0.3 is 5.97 Å². The summed E-state index contributed by atoms with van der Waals surface area (Å²) in [5, 5.41) is 11.0. The first-order valence-electron chi connectivity index (χ1n) is 10.9. The first-order valence-corrected chi connectivity index (χ1v) is 13.3. The fourth-order valence-corrected chi connectivity index (χ4v) is 5.65. The molecule has 3 aromatic carbocycles. The summed E-state index contributed by atoms with van der Waals surface area (Å²) in [5.74, 6) is -2.17. The lowest BCUT2D eigenvalue weighted by molar-refractivity contribution is -0.127. The third-order valence-corrected chi connectivity index (χ3v) is 7.29. The van der Waals surface area contributed by atoms with Gasteiger partial charge in [0.1, 0.15) is 24.7 Å². The van der Waals surface area contributed by atoms with E-state index in [0.29, 0.717) is 25.9 Å². The number of carboxylic acid groups (broad SMARTS) is 1. The Morgan fingerprint density at radius 1 is 1.03 bits per heavy atom. The SMILES string of the molecule is O=C(CN1C(=O)S/C(=C\c2cc(Br)c(OCc3ccc(C(=O)O)cc3)c(Br)c2)C1=O)Nc1ccc(F)cc1. The Kier molecular flexibility index (Phi) is 8.65. The fraction of sp³-hybridized carbons (Fsp3) is 0.0769. The summed E-state index contributed by atoms with van der Waals surface area (Å²) in [7, 11) is 0. The van der Waals surface area contributed by atoms with Crippen LogP contribution in [0.3, 0.4) is 0 Å². The second kappa shape index (κ2) is 11.9. The van der Waals surface area contributed by atoms with Gasteiger partial charge in [-0.25, -0.2) is 9.18 Å². The van der Waals surface area contributed by atoms with Crippen LogP contribution in [0, 0.1) is 5.82 Å².